The van der Waals surface area contributed by atoms with Crippen LogP contribution in [-0.2, 0) is 9.84 Å². The van der Waals surface area contributed by atoms with Gasteiger partial charge in [0.2, 0.25) is 0 Å². The summed E-state index contributed by atoms with van der Waals surface area (Å²) in [5.41, 5.74) is 0.639. The van der Waals surface area contributed by atoms with Gasteiger partial charge in [-0.1, -0.05) is 20.8 Å². The lowest BCUT2D eigenvalue weighted by molar-refractivity contribution is 0.593. The molecule has 3 nitrogen and oxygen atoms in total. The Morgan fingerprint density at radius 2 is 2.07 bits per heavy atom. The summed E-state index contributed by atoms with van der Waals surface area (Å²) in [6.45, 7) is 5.51. The van der Waals surface area contributed by atoms with Crippen molar-refractivity contribution < 1.29 is 8.42 Å². The van der Waals surface area contributed by atoms with E-state index in [2.05, 4.69) is 20.9 Å². The van der Waals surface area contributed by atoms with E-state index in [0.717, 1.165) is 0 Å². The van der Waals surface area contributed by atoms with E-state index < -0.39 is 9.84 Å². The molecule has 84 valence electrons. The van der Waals surface area contributed by atoms with Crippen LogP contribution >= 0.6 is 15.9 Å². The SMILES string of the molecule is CCS(=O)(=O)c1cc(Br)cnc1C(C)C. The van der Waals surface area contributed by atoms with Crippen LogP contribution in [0.5, 0.6) is 0 Å². The highest BCUT2D eigenvalue weighted by Gasteiger charge is 2.19. The van der Waals surface area contributed by atoms with Gasteiger partial charge in [0.25, 0.3) is 0 Å². The van der Waals surface area contributed by atoms with Crippen LogP contribution in [0, 0.1) is 0 Å². The summed E-state index contributed by atoms with van der Waals surface area (Å²) >= 11 is 3.24. The lowest BCUT2D eigenvalue weighted by Crippen LogP contribution is -2.09. The van der Waals surface area contributed by atoms with Crippen LogP contribution in [0.4, 0.5) is 0 Å². The molecule has 0 saturated carbocycles. The first-order chi connectivity index (χ1) is 6.88. The molecule has 0 radical (unpaired) electrons. The lowest BCUT2D eigenvalue weighted by Gasteiger charge is -2.11. The Morgan fingerprint density at radius 3 is 2.53 bits per heavy atom. The van der Waals surface area contributed by atoms with Crippen molar-refractivity contribution >= 4 is 25.8 Å². The molecular formula is C10H14BrNO2S. The van der Waals surface area contributed by atoms with Gasteiger partial charge in [-0.15, -0.1) is 0 Å². The molecule has 15 heavy (non-hydrogen) atoms. The summed E-state index contributed by atoms with van der Waals surface area (Å²) < 4.78 is 24.3. The average molecular weight is 292 g/mol. The third-order valence-corrected chi connectivity index (χ3v) is 4.30. The van der Waals surface area contributed by atoms with E-state index in [1.54, 1.807) is 19.2 Å². The molecule has 0 aliphatic rings. The second kappa shape index (κ2) is 4.61. The van der Waals surface area contributed by atoms with Gasteiger partial charge in [0.05, 0.1) is 16.3 Å². The molecule has 0 aliphatic heterocycles. The van der Waals surface area contributed by atoms with Gasteiger partial charge < -0.3 is 0 Å². The fourth-order valence-corrected chi connectivity index (χ4v) is 2.98. The number of halogens is 1. The summed E-state index contributed by atoms with van der Waals surface area (Å²) in [5.74, 6) is 0.208. The maximum Gasteiger partial charge on any atom is 0.179 e. The van der Waals surface area contributed by atoms with E-state index in [1.165, 1.54) is 0 Å². The predicted octanol–water partition coefficient (Wildman–Crippen LogP) is 2.76. The topological polar surface area (TPSA) is 47.0 Å². The fourth-order valence-electron chi connectivity index (χ4n) is 1.27. The van der Waals surface area contributed by atoms with Gasteiger partial charge in [-0.2, -0.15) is 0 Å². The molecule has 0 amide bonds. The van der Waals surface area contributed by atoms with Crippen molar-refractivity contribution in [2.45, 2.75) is 31.6 Å². The molecule has 0 spiro atoms. The first-order valence-corrected chi connectivity index (χ1v) is 7.21. The molecule has 5 heteroatoms. The number of aromatic nitrogens is 1. The van der Waals surface area contributed by atoms with Crippen LogP contribution in [0.15, 0.2) is 21.6 Å². The second-order valence-corrected chi connectivity index (χ2v) is 6.76. The third kappa shape index (κ3) is 2.78. The van der Waals surface area contributed by atoms with E-state index in [-0.39, 0.29) is 11.7 Å². The monoisotopic (exact) mass is 291 g/mol. The van der Waals surface area contributed by atoms with Crippen molar-refractivity contribution in [2.24, 2.45) is 0 Å². The standard InChI is InChI=1S/C10H14BrNO2S/c1-4-15(13,14)9-5-8(11)6-12-10(9)7(2)3/h5-7H,4H2,1-3H3. The highest BCUT2D eigenvalue weighted by molar-refractivity contribution is 9.10. The molecular weight excluding hydrogens is 278 g/mol. The van der Waals surface area contributed by atoms with Crippen molar-refractivity contribution in [3.8, 4) is 0 Å². The summed E-state index contributed by atoms with van der Waals surface area (Å²) in [5, 5.41) is 0. The Balaban J connectivity index is 3.44. The van der Waals surface area contributed by atoms with Gasteiger partial charge in [0.1, 0.15) is 0 Å². The van der Waals surface area contributed by atoms with E-state index in [9.17, 15) is 8.42 Å². The molecule has 1 aromatic rings. The minimum Gasteiger partial charge on any atom is -0.258 e. The quantitative estimate of drug-likeness (QED) is 0.860. The van der Waals surface area contributed by atoms with Crippen LogP contribution in [0.3, 0.4) is 0 Å². The largest absolute Gasteiger partial charge is 0.258 e. The number of hydrogen-bond acceptors (Lipinski definition) is 3. The van der Waals surface area contributed by atoms with Crippen LogP contribution < -0.4 is 0 Å². The average Bonchev–Trinajstić information content (AvgIpc) is 2.17. The summed E-state index contributed by atoms with van der Waals surface area (Å²) in [6, 6.07) is 1.63. The third-order valence-electron chi connectivity index (χ3n) is 2.11. The van der Waals surface area contributed by atoms with Gasteiger partial charge >= 0.3 is 0 Å². The Kier molecular flexibility index (Phi) is 3.89. The summed E-state index contributed by atoms with van der Waals surface area (Å²) in [7, 11) is -3.19. The predicted molar refractivity (Wildman–Crippen MR) is 63.8 cm³/mol. The van der Waals surface area contributed by atoms with Crippen molar-refractivity contribution in [1.29, 1.82) is 0 Å². The minimum atomic E-state index is -3.19. The summed E-state index contributed by atoms with van der Waals surface area (Å²) in [6.07, 6.45) is 1.63. The first kappa shape index (κ1) is 12.6. The van der Waals surface area contributed by atoms with Crippen LogP contribution in [0.2, 0.25) is 0 Å². The van der Waals surface area contributed by atoms with Crippen LogP contribution in [0.1, 0.15) is 32.4 Å². The lowest BCUT2D eigenvalue weighted by atomic mass is 10.1. The zero-order valence-electron chi connectivity index (χ0n) is 8.99. The number of sulfone groups is 1. The molecule has 1 heterocycles. The van der Waals surface area contributed by atoms with Gasteiger partial charge in [-0.3, -0.25) is 4.98 Å². The molecule has 0 N–H and O–H groups in total. The number of nitrogens with zero attached hydrogens (tertiary/aromatic N) is 1. The smallest absolute Gasteiger partial charge is 0.179 e. The van der Waals surface area contributed by atoms with Gasteiger partial charge in [0, 0.05) is 10.7 Å². The fraction of sp³-hybridized carbons (Fsp3) is 0.500. The van der Waals surface area contributed by atoms with Crippen molar-refractivity contribution in [2.75, 3.05) is 5.75 Å². The van der Waals surface area contributed by atoms with E-state index >= 15 is 0 Å². The molecule has 0 unspecified atom stereocenters. The van der Waals surface area contributed by atoms with E-state index in [0.29, 0.717) is 15.1 Å². The molecule has 1 aromatic heterocycles. The maximum absolute atomic E-state index is 11.8. The van der Waals surface area contributed by atoms with Gasteiger partial charge in [-0.05, 0) is 27.9 Å². The van der Waals surface area contributed by atoms with Gasteiger partial charge in [-0.25, -0.2) is 8.42 Å². The molecule has 0 fully saturated rings. The Labute approximate surface area is 99.0 Å². The zero-order valence-corrected chi connectivity index (χ0v) is 11.4. The molecule has 0 aliphatic carbocycles. The molecule has 0 aromatic carbocycles. The summed E-state index contributed by atoms with van der Waals surface area (Å²) in [4.78, 5) is 4.51. The molecule has 0 atom stereocenters. The highest BCUT2D eigenvalue weighted by Crippen LogP contribution is 2.25. The first-order valence-electron chi connectivity index (χ1n) is 4.76. The van der Waals surface area contributed by atoms with Crippen molar-refractivity contribution in [3.05, 3.63) is 22.4 Å². The minimum absolute atomic E-state index is 0.102. The Morgan fingerprint density at radius 1 is 1.47 bits per heavy atom. The Hall–Kier alpha value is -0.420. The zero-order chi connectivity index (χ0) is 11.6. The number of rotatable bonds is 3. The second-order valence-electron chi connectivity index (χ2n) is 3.60. The molecule has 1 rings (SSSR count). The number of hydrogen-bond donors (Lipinski definition) is 0. The number of pyridine rings is 1. The maximum atomic E-state index is 11.8. The molecule has 0 saturated heterocycles. The van der Waals surface area contributed by atoms with E-state index in [1.807, 2.05) is 13.8 Å². The van der Waals surface area contributed by atoms with E-state index in [4.69, 9.17) is 0 Å². The molecule has 0 bridgehead atoms. The highest BCUT2D eigenvalue weighted by atomic mass is 79.9. The van der Waals surface area contributed by atoms with Crippen molar-refractivity contribution in [3.63, 3.8) is 0 Å². The van der Waals surface area contributed by atoms with Crippen LogP contribution in [-0.4, -0.2) is 19.2 Å². The van der Waals surface area contributed by atoms with Gasteiger partial charge in [0.15, 0.2) is 9.84 Å². The van der Waals surface area contributed by atoms with Crippen LogP contribution in [0.25, 0.3) is 0 Å². The van der Waals surface area contributed by atoms with Crippen molar-refractivity contribution in [1.82, 2.24) is 4.98 Å². The Bertz CT molecular complexity index is 454. The normalized spacial score (nSPS) is 12.1.